The number of hydrogen-bond donors (Lipinski definition) is 0. The van der Waals surface area contributed by atoms with Gasteiger partial charge in [0.25, 0.3) is 0 Å². The van der Waals surface area contributed by atoms with Crippen molar-refractivity contribution in [2.45, 2.75) is 58.6 Å². The van der Waals surface area contributed by atoms with Gasteiger partial charge in [-0.2, -0.15) is 0 Å². The Labute approximate surface area is 118 Å². The molecule has 4 nitrogen and oxygen atoms in total. The molecule has 1 heterocycles. The molecule has 1 saturated heterocycles. The molecule has 0 N–H and O–H groups in total. The molecule has 1 atom stereocenters. The summed E-state index contributed by atoms with van der Waals surface area (Å²) >= 11 is 0. The van der Waals surface area contributed by atoms with E-state index in [4.69, 9.17) is 4.74 Å². The van der Waals surface area contributed by atoms with Crippen LogP contribution in [0.2, 0.25) is 0 Å². The van der Waals surface area contributed by atoms with Gasteiger partial charge in [0.15, 0.2) is 0 Å². The van der Waals surface area contributed by atoms with Crippen molar-refractivity contribution in [1.29, 1.82) is 0 Å². The van der Waals surface area contributed by atoms with Crippen molar-refractivity contribution in [2.24, 2.45) is 0 Å². The van der Waals surface area contributed by atoms with E-state index in [1.165, 1.54) is 6.42 Å². The van der Waals surface area contributed by atoms with Crippen LogP contribution in [0.1, 0.15) is 47.0 Å². The second kappa shape index (κ2) is 7.25. The number of esters is 1. The largest absolute Gasteiger partial charge is 0.460 e. The maximum atomic E-state index is 11.8. The Bertz CT molecular complexity index is 286. The Hall–Kier alpha value is -0.610. The normalized spacial score (nSPS) is 23.1. The molecule has 0 saturated carbocycles. The Balaban J connectivity index is 2.43. The Morgan fingerprint density at radius 1 is 1.32 bits per heavy atom. The second-order valence-corrected chi connectivity index (χ2v) is 6.55. The zero-order chi connectivity index (χ0) is 14.5. The van der Waals surface area contributed by atoms with E-state index < -0.39 is 0 Å². The van der Waals surface area contributed by atoms with E-state index in [-0.39, 0.29) is 11.6 Å². The fourth-order valence-electron chi connectivity index (χ4n) is 2.60. The third kappa shape index (κ3) is 6.39. The fourth-order valence-corrected chi connectivity index (χ4v) is 2.60. The molecule has 0 aromatic carbocycles. The molecule has 0 bridgehead atoms. The highest BCUT2D eigenvalue weighted by atomic mass is 16.6. The summed E-state index contributed by atoms with van der Waals surface area (Å²) in [6, 6.07) is 0.565. The minimum atomic E-state index is -0.375. The van der Waals surface area contributed by atoms with E-state index >= 15 is 0 Å². The summed E-state index contributed by atoms with van der Waals surface area (Å²) < 4.78 is 5.37. The number of ether oxygens (including phenoxy) is 1. The summed E-state index contributed by atoms with van der Waals surface area (Å²) in [6.45, 7) is 12.1. The number of carbonyl (C=O) groups is 1. The third-order valence-corrected chi connectivity index (χ3v) is 3.52. The second-order valence-electron chi connectivity index (χ2n) is 6.55. The molecule has 0 aromatic rings. The summed E-state index contributed by atoms with van der Waals surface area (Å²) in [5.41, 5.74) is -0.375. The van der Waals surface area contributed by atoms with Crippen molar-refractivity contribution in [3.8, 4) is 0 Å². The number of likely N-dealkylation sites (N-methyl/N-ethyl adjacent to an activating group) is 1. The highest BCUT2D eigenvalue weighted by Crippen LogP contribution is 2.14. The third-order valence-electron chi connectivity index (χ3n) is 3.52. The molecule has 1 unspecified atom stereocenters. The molecular formula is C15H30N2O2. The zero-order valence-electron chi connectivity index (χ0n) is 13.2. The average molecular weight is 270 g/mol. The van der Waals surface area contributed by atoms with Gasteiger partial charge in [-0.1, -0.05) is 6.92 Å². The Morgan fingerprint density at radius 2 is 2.00 bits per heavy atom. The number of rotatable bonds is 4. The van der Waals surface area contributed by atoms with Gasteiger partial charge in [-0.05, 0) is 53.8 Å². The van der Waals surface area contributed by atoms with Crippen LogP contribution in [-0.2, 0) is 9.53 Å². The predicted octanol–water partition coefficient (Wildman–Crippen LogP) is 2.13. The van der Waals surface area contributed by atoms with Gasteiger partial charge in [0, 0.05) is 19.1 Å². The molecule has 1 aliphatic rings. The lowest BCUT2D eigenvalue weighted by Crippen LogP contribution is -2.41. The Kier molecular flexibility index (Phi) is 6.27. The number of hydrogen-bond acceptors (Lipinski definition) is 4. The van der Waals surface area contributed by atoms with Crippen LogP contribution in [-0.4, -0.2) is 60.6 Å². The van der Waals surface area contributed by atoms with Crippen LogP contribution < -0.4 is 0 Å². The summed E-state index contributed by atoms with van der Waals surface area (Å²) in [7, 11) is 2.18. The minimum Gasteiger partial charge on any atom is -0.460 e. The molecule has 112 valence electrons. The maximum absolute atomic E-state index is 11.8. The SMILES string of the molecule is CCC1CN(C)CCCN1CCC(=O)OC(C)(C)C. The quantitative estimate of drug-likeness (QED) is 0.733. The maximum Gasteiger partial charge on any atom is 0.307 e. The lowest BCUT2D eigenvalue weighted by atomic mass is 10.1. The van der Waals surface area contributed by atoms with Gasteiger partial charge < -0.3 is 9.64 Å². The van der Waals surface area contributed by atoms with Crippen molar-refractivity contribution in [3.63, 3.8) is 0 Å². The van der Waals surface area contributed by atoms with Gasteiger partial charge >= 0.3 is 5.97 Å². The zero-order valence-corrected chi connectivity index (χ0v) is 13.2. The van der Waals surface area contributed by atoms with E-state index in [9.17, 15) is 4.79 Å². The first kappa shape index (κ1) is 16.4. The molecular weight excluding hydrogens is 240 g/mol. The molecule has 4 heteroatoms. The molecule has 19 heavy (non-hydrogen) atoms. The molecule has 1 fully saturated rings. The Morgan fingerprint density at radius 3 is 2.58 bits per heavy atom. The van der Waals surface area contributed by atoms with Crippen molar-refractivity contribution >= 4 is 5.97 Å². The molecule has 0 amide bonds. The standard InChI is InChI=1S/C15H30N2O2/c1-6-13-12-16(5)9-7-10-17(13)11-8-14(18)19-15(2,3)4/h13H,6-12H2,1-5H3. The van der Waals surface area contributed by atoms with Crippen molar-refractivity contribution in [3.05, 3.63) is 0 Å². The van der Waals surface area contributed by atoms with Gasteiger partial charge in [-0.25, -0.2) is 0 Å². The molecule has 1 aliphatic heterocycles. The van der Waals surface area contributed by atoms with Crippen molar-refractivity contribution < 1.29 is 9.53 Å². The first-order valence-corrected chi connectivity index (χ1v) is 7.46. The van der Waals surface area contributed by atoms with E-state index in [1.807, 2.05) is 20.8 Å². The molecule has 1 rings (SSSR count). The lowest BCUT2D eigenvalue weighted by Gasteiger charge is -2.30. The van der Waals surface area contributed by atoms with Crippen molar-refractivity contribution in [1.82, 2.24) is 9.80 Å². The van der Waals surface area contributed by atoms with Gasteiger partial charge in [0.1, 0.15) is 5.60 Å². The van der Waals surface area contributed by atoms with E-state index in [2.05, 4.69) is 23.8 Å². The number of nitrogens with zero attached hydrogens (tertiary/aromatic N) is 2. The lowest BCUT2D eigenvalue weighted by molar-refractivity contribution is -0.155. The first-order chi connectivity index (χ1) is 8.81. The smallest absolute Gasteiger partial charge is 0.307 e. The van der Waals surface area contributed by atoms with Crippen LogP contribution in [0.4, 0.5) is 0 Å². The minimum absolute atomic E-state index is 0.0834. The van der Waals surface area contributed by atoms with Crippen LogP contribution >= 0.6 is 0 Å². The summed E-state index contributed by atoms with van der Waals surface area (Å²) in [5.74, 6) is -0.0834. The fraction of sp³-hybridized carbons (Fsp3) is 0.933. The first-order valence-electron chi connectivity index (χ1n) is 7.46. The summed E-state index contributed by atoms with van der Waals surface area (Å²) in [5, 5.41) is 0. The van der Waals surface area contributed by atoms with Gasteiger partial charge in [0.2, 0.25) is 0 Å². The van der Waals surface area contributed by atoms with Crippen molar-refractivity contribution in [2.75, 3.05) is 33.2 Å². The highest BCUT2D eigenvalue weighted by Gasteiger charge is 2.23. The van der Waals surface area contributed by atoms with Crippen LogP contribution in [0.15, 0.2) is 0 Å². The molecule has 0 aliphatic carbocycles. The predicted molar refractivity (Wildman–Crippen MR) is 78.2 cm³/mol. The monoisotopic (exact) mass is 270 g/mol. The van der Waals surface area contributed by atoms with Gasteiger partial charge in [-0.3, -0.25) is 9.69 Å². The number of carbonyl (C=O) groups excluding carboxylic acids is 1. The molecule has 0 spiro atoms. The van der Waals surface area contributed by atoms with Crippen LogP contribution in [0, 0.1) is 0 Å². The van der Waals surface area contributed by atoms with Crippen LogP contribution in [0.25, 0.3) is 0 Å². The summed E-state index contributed by atoms with van der Waals surface area (Å²) in [6.07, 6.45) is 2.82. The molecule has 0 aromatic heterocycles. The topological polar surface area (TPSA) is 32.8 Å². The highest BCUT2D eigenvalue weighted by molar-refractivity contribution is 5.70. The molecule has 0 radical (unpaired) electrons. The van der Waals surface area contributed by atoms with Gasteiger partial charge in [-0.15, -0.1) is 0 Å². The van der Waals surface area contributed by atoms with E-state index in [0.29, 0.717) is 12.5 Å². The van der Waals surface area contributed by atoms with E-state index in [0.717, 1.165) is 32.6 Å². The van der Waals surface area contributed by atoms with Crippen LogP contribution in [0.3, 0.4) is 0 Å². The van der Waals surface area contributed by atoms with Gasteiger partial charge in [0.05, 0.1) is 6.42 Å². The summed E-state index contributed by atoms with van der Waals surface area (Å²) in [4.78, 5) is 16.6. The van der Waals surface area contributed by atoms with Crippen LogP contribution in [0.5, 0.6) is 0 Å². The average Bonchev–Trinajstić information content (AvgIpc) is 2.45. The van der Waals surface area contributed by atoms with E-state index in [1.54, 1.807) is 0 Å².